The summed E-state index contributed by atoms with van der Waals surface area (Å²) in [4.78, 5) is 17.6. The van der Waals surface area contributed by atoms with E-state index in [0.717, 1.165) is 34.0 Å². The minimum atomic E-state index is -0.244. The number of para-hydroxylation sites is 3. The molecule has 5 heteroatoms. The maximum absolute atomic E-state index is 12.9. The molecule has 0 saturated carbocycles. The Morgan fingerprint density at radius 1 is 1.15 bits per heavy atom. The molecule has 1 N–H and O–H groups in total. The van der Waals surface area contributed by atoms with Crippen LogP contribution in [0.1, 0.15) is 44.7 Å². The highest BCUT2D eigenvalue weighted by molar-refractivity contribution is 8.00. The Kier molecular flexibility index (Phi) is 5.90. The van der Waals surface area contributed by atoms with E-state index in [-0.39, 0.29) is 11.2 Å². The van der Waals surface area contributed by atoms with Crippen molar-refractivity contribution in [3.05, 3.63) is 53.6 Å². The van der Waals surface area contributed by atoms with Crippen LogP contribution in [0.4, 0.5) is 5.69 Å². The van der Waals surface area contributed by atoms with Crippen molar-refractivity contribution in [2.24, 2.45) is 0 Å². The van der Waals surface area contributed by atoms with Gasteiger partial charge in [0.05, 0.1) is 16.3 Å². The van der Waals surface area contributed by atoms with Crippen molar-refractivity contribution >= 4 is 34.4 Å². The zero-order chi connectivity index (χ0) is 19.6. The van der Waals surface area contributed by atoms with E-state index < -0.39 is 0 Å². The van der Waals surface area contributed by atoms with E-state index in [4.69, 9.17) is 4.98 Å². The highest BCUT2D eigenvalue weighted by Gasteiger charge is 2.21. The maximum Gasteiger partial charge on any atom is 0.237 e. The monoisotopic (exact) mass is 381 g/mol. The number of benzene rings is 2. The fraction of sp³-hybridized carbons (Fsp3) is 0.364. The van der Waals surface area contributed by atoms with Crippen LogP contribution < -0.4 is 5.32 Å². The van der Waals surface area contributed by atoms with Crippen molar-refractivity contribution in [2.75, 3.05) is 5.32 Å². The predicted octanol–water partition coefficient (Wildman–Crippen LogP) is 5.61. The van der Waals surface area contributed by atoms with Crippen LogP contribution in [0.2, 0.25) is 0 Å². The Labute approximate surface area is 165 Å². The van der Waals surface area contributed by atoms with Gasteiger partial charge >= 0.3 is 0 Å². The van der Waals surface area contributed by atoms with Crippen LogP contribution in [-0.2, 0) is 11.3 Å². The van der Waals surface area contributed by atoms with Gasteiger partial charge in [-0.25, -0.2) is 4.98 Å². The zero-order valence-corrected chi connectivity index (χ0v) is 17.4. The van der Waals surface area contributed by atoms with E-state index in [2.05, 4.69) is 42.8 Å². The number of anilines is 1. The molecule has 4 nitrogen and oxygen atoms in total. The number of fused-ring (bicyclic) bond motifs is 1. The lowest BCUT2D eigenvalue weighted by molar-refractivity contribution is -0.115. The molecule has 3 aromatic rings. The summed E-state index contributed by atoms with van der Waals surface area (Å²) in [6.45, 7) is 11.2. The third kappa shape index (κ3) is 4.03. The van der Waals surface area contributed by atoms with Gasteiger partial charge in [-0.05, 0) is 49.9 Å². The van der Waals surface area contributed by atoms with E-state index >= 15 is 0 Å². The van der Waals surface area contributed by atoms with Gasteiger partial charge in [-0.1, -0.05) is 55.9 Å². The van der Waals surface area contributed by atoms with Crippen LogP contribution in [0.15, 0.2) is 47.6 Å². The molecule has 27 heavy (non-hydrogen) atoms. The van der Waals surface area contributed by atoms with Crippen LogP contribution in [0.5, 0.6) is 0 Å². The van der Waals surface area contributed by atoms with Crippen molar-refractivity contribution in [2.45, 2.75) is 57.5 Å². The van der Waals surface area contributed by atoms with Crippen LogP contribution in [0, 0.1) is 6.92 Å². The number of nitrogens with one attached hydrogen (secondary N) is 1. The van der Waals surface area contributed by atoms with Gasteiger partial charge in [0.1, 0.15) is 0 Å². The van der Waals surface area contributed by atoms with Crippen LogP contribution in [-0.4, -0.2) is 20.7 Å². The van der Waals surface area contributed by atoms with E-state index in [1.807, 2.05) is 44.2 Å². The van der Waals surface area contributed by atoms with Crippen molar-refractivity contribution in [3.63, 3.8) is 0 Å². The topological polar surface area (TPSA) is 46.9 Å². The maximum atomic E-state index is 12.9. The fourth-order valence-corrected chi connectivity index (χ4v) is 4.22. The highest BCUT2D eigenvalue weighted by Crippen LogP contribution is 2.30. The lowest BCUT2D eigenvalue weighted by atomic mass is 9.98. The zero-order valence-electron chi connectivity index (χ0n) is 16.6. The SMILES string of the molecule is CCn1c(SC(C)C(=O)Nc2c(C)cccc2C(C)C)nc2ccccc21. The third-order valence-corrected chi connectivity index (χ3v) is 5.85. The van der Waals surface area contributed by atoms with Gasteiger partial charge in [-0.15, -0.1) is 0 Å². The van der Waals surface area contributed by atoms with Gasteiger partial charge in [-0.3, -0.25) is 4.79 Å². The summed E-state index contributed by atoms with van der Waals surface area (Å²) in [5.74, 6) is 0.360. The number of aryl methyl sites for hydroxylation is 2. The molecule has 0 bridgehead atoms. The first-order valence-corrected chi connectivity index (χ1v) is 10.3. The minimum absolute atomic E-state index is 0.00547. The summed E-state index contributed by atoms with van der Waals surface area (Å²) in [7, 11) is 0. The smallest absolute Gasteiger partial charge is 0.237 e. The number of amides is 1. The molecule has 142 valence electrons. The number of hydrogen-bond donors (Lipinski definition) is 1. The Morgan fingerprint density at radius 3 is 2.59 bits per heavy atom. The van der Waals surface area contributed by atoms with Crippen LogP contribution in [0.25, 0.3) is 11.0 Å². The predicted molar refractivity (Wildman–Crippen MR) is 115 cm³/mol. The normalized spacial score (nSPS) is 12.5. The third-order valence-electron chi connectivity index (χ3n) is 4.76. The van der Waals surface area contributed by atoms with E-state index in [1.165, 1.54) is 17.3 Å². The molecule has 0 aliphatic rings. The lowest BCUT2D eigenvalue weighted by Gasteiger charge is -2.18. The second kappa shape index (κ2) is 8.17. The second-order valence-corrected chi connectivity index (χ2v) is 8.38. The number of carbonyl (C=O) groups is 1. The molecule has 0 radical (unpaired) electrons. The lowest BCUT2D eigenvalue weighted by Crippen LogP contribution is -2.24. The van der Waals surface area contributed by atoms with Gasteiger partial charge in [0.2, 0.25) is 5.91 Å². The Morgan fingerprint density at radius 2 is 1.89 bits per heavy atom. The number of carbonyl (C=O) groups excluding carboxylic acids is 1. The number of hydrogen-bond acceptors (Lipinski definition) is 3. The Balaban J connectivity index is 1.82. The average Bonchev–Trinajstić information content (AvgIpc) is 2.99. The Bertz CT molecular complexity index is 961. The molecule has 2 aromatic carbocycles. The van der Waals surface area contributed by atoms with E-state index in [0.29, 0.717) is 5.92 Å². The molecule has 3 rings (SSSR count). The molecule has 1 atom stereocenters. The van der Waals surface area contributed by atoms with Gasteiger partial charge in [0.25, 0.3) is 0 Å². The van der Waals surface area contributed by atoms with Crippen molar-refractivity contribution in [1.82, 2.24) is 9.55 Å². The molecule has 0 fully saturated rings. The molecular formula is C22H27N3OS. The standard InChI is InChI=1S/C22H27N3OS/c1-6-25-19-13-8-7-12-18(19)23-22(25)27-16(5)21(26)24-20-15(4)10-9-11-17(20)14(2)3/h7-14,16H,6H2,1-5H3,(H,24,26). The molecule has 1 amide bonds. The molecule has 1 unspecified atom stereocenters. The fourth-order valence-electron chi connectivity index (χ4n) is 3.23. The quantitative estimate of drug-likeness (QED) is 0.565. The number of aromatic nitrogens is 2. The largest absolute Gasteiger partial charge is 0.325 e. The summed E-state index contributed by atoms with van der Waals surface area (Å²) in [5.41, 5.74) is 5.27. The highest BCUT2D eigenvalue weighted by atomic mass is 32.2. The first-order chi connectivity index (χ1) is 12.9. The number of thioether (sulfide) groups is 1. The molecular weight excluding hydrogens is 354 g/mol. The summed E-state index contributed by atoms with van der Waals surface area (Å²) in [5, 5.41) is 3.80. The summed E-state index contributed by atoms with van der Waals surface area (Å²) in [6, 6.07) is 14.3. The molecule has 0 spiro atoms. The van der Waals surface area contributed by atoms with Gasteiger partial charge in [0.15, 0.2) is 5.16 Å². The molecule has 1 aromatic heterocycles. The minimum Gasteiger partial charge on any atom is -0.325 e. The summed E-state index contributed by atoms with van der Waals surface area (Å²) < 4.78 is 2.16. The number of rotatable bonds is 6. The molecule has 0 aliphatic heterocycles. The van der Waals surface area contributed by atoms with Crippen molar-refractivity contribution in [3.8, 4) is 0 Å². The van der Waals surface area contributed by atoms with Gasteiger partial charge in [0, 0.05) is 12.2 Å². The second-order valence-electron chi connectivity index (χ2n) is 7.07. The molecule has 0 aliphatic carbocycles. The first-order valence-electron chi connectivity index (χ1n) is 9.44. The average molecular weight is 382 g/mol. The molecule has 0 saturated heterocycles. The summed E-state index contributed by atoms with van der Waals surface area (Å²) in [6.07, 6.45) is 0. The van der Waals surface area contributed by atoms with E-state index in [9.17, 15) is 4.79 Å². The van der Waals surface area contributed by atoms with Gasteiger partial charge in [-0.2, -0.15) is 0 Å². The van der Waals surface area contributed by atoms with Crippen LogP contribution in [0.3, 0.4) is 0 Å². The van der Waals surface area contributed by atoms with Crippen molar-refractivity contribution < 1.29 is 4.79 Å². The molecule has 1 heterocycles. The number of nitrogens with zero attached hydrogens (tertiary/aromatic N) is 2. The Hall–Kier alpha value is -2.27. The summed E-state index contributed by atoms with van der Waals surface area (Å²) >= 11 is 1.51. The van der Waals surface area contributed by atoms with Crippen LogP contribution >= 0.6 is 11.8 Å². The van der Waals surface area contributed by atoms with E-state index in [1.54, 1.807) is 0 Å². The first kappa shape index (κ1) is 19.5. The van der Waals surface area contributed by atoms with Gasteiger partial charge < -0.3 is 9.88 Å². The van der Waals surface area contributed by atoms with Crippen molar-refractivity contribution in [1.29, 1.82) is 0 Å². The number of imidazole rings is 1.